The standard InChI is InChI=1S/C3Cl3N3O3/c4-7-2(11)1(10)3(12)8(5)9(7)6. The van der Waals surface area contributed by atoms with Crippen molar-refractivity contribution in [2.75, 3.05) is 0 Å². The Morgan fingerprint density at radius 2 is 1.17 bits per heavy atom. The Kier molecular flexibility index (Phi) is 2.31. The number of nitrogens with zero attached hydrogens (tertiary/aromatic N) is 3. The number of hydrogen-bond acceptors (Lipinski definition) is 3. The molecule has 0 spiro atoms. The summed E-state index contributed by atoms with van der Waals surface area (Å²) in [6.07, 6.45) is 0. The van der Waals surface area contributed by atoms with E-state index in [4.69, 9.17) is 35.3 Å². The molecule has 6 nitrogen and oxygen atoms in total. The molecule has 0 saturated carbocycles. The van der Waals surface area contributed by atoms with E-state index in [-0.39, 0.29) is 12.7 Å². The van der Waals surface area contributed by atoms with Gasteiger partial charge in [0.2, 0.25) is 0 Å². The van der Waals surface area contributed by atoms with E-state index in [0.29, 0.717) is 0 Å². The third-order valence-electron chi connectivity index (χ3n) is 1.01. The van der Waals surface area contributed by atoms with Crippen molar-refractivity contribution >= 4 is 35.3 Å². The lowest BCUT2D eigenvalue weighted by Crippen LogP contribution is -2.49. The Balaban J connectivity index is 4.00. The lowest BCUT2D eigenvalue weighted by molar-refractivity contribution is 0.645. The molecule has 1 rings (SSSR count). The molecule has 0 unspecified atom stereocenters. The average Bonchev–Trinajstić information content (AvgIpc) is 2.08. The van der Waals surface area contributed by atoms with Crippen LogP contribution in [0.1, 0.15) is 0 Å². The fourth-order valence-electron chi connectivity index (χ4n) is 0.478. The van der Waals surface area contributed by atoms with Gasteiger partial charge in [0.05, 0.1) is 11.8 Å². The van der Waals surface area contributed by atoms with E-state index in [1.807, 2.05) is 0 Å². The maximum absolute atomic E-state index is 10.7. The molecule has 0 saturated heterocycles. The number of rotatable bonds is 0. The Morgan fingerprint density at radius 3 is 1.50 bits per heavy atom. The summed E-state index contributed by atoms with van der Waals surface area (Å²) >= 11 is 15.5. The first kappa shape index (κ1) is 9.37. The predicted octanol–water partition coefficient (Wildman–Crippen LogP) is -0.823. The highest BCUT2D eigenvalue weighted by Gasteiger charge is 2.11. The molecule has 12 heavy (non-hydrogen) atoms. The molecule has 0 N–H and O–H groups in total. The minimum atomic E-state index is -1.35. The van der Waals surface area contributed by atoms with Crippen LogP contribution in [0.15, 0.2) is 14.4 Å². The Labute approximate surface area is 79.4 Å². The van der Waals surface area contributed by atoms with Crippen molar-refractivity contribution < 1.29 is 0 Å². The quantitative estimate of drug-likeness (QED) is 0.549. The molecule has 1 aromatic heterocycles. The Morgan fingerprint density at radius 1 is 0.833 bits per heavy atom. The van der Waals surface area contributed by atoms with Gasteiger partial charge in [-0.15, -0.1) is 8.40 Å². The molecule has 66 valence electrons. The highest BCUT2D eigenvalue weighted by Crippen LogP contribution is 1.88. The molecule has 0 atom stereocenters. The van der Waals surface area contributed by atoms with Crippen molar-refractivity contribution in [3.05, 3.63) is 30.9 Å². The van der Waals surface area contributed by atoms with Crippen molar-refractivity contribution in [2.45, 2.75) is 0 Å². The second kappa shape index (κ2) is 2.96. The predicted molar refractivity (Wildman–Crippen MR) is 43.0 cm³/mol. The summed E-state index contributed by atoms with van der Waals surface area (Å²) in [7, 11) is 0. The highest BCUT2D eigenvalue weighted by molar-refractivity contribution is 6.22. The van der Waals surface area contributed by atoms with Gasteiger partial charge in [-0.2, -0.15) is 0 Å². The molecular weight excluding hydrogens is 232 g/mol. The Bertz CT molecular complexity index is 442. The molecule has 0 aromatic carbocycles. The van der Waals surface area contributed by atoms with E-state index in [0.717, 1.165) is 0 Å². The molecule has 9 heteroatoms. The van der Waals surface area contributed by atoms with Crippen LogP contribution in [-0.2, 0) is 0 Å². The monoisotopic (exact) mass is 231 g/mol. The molecule has 1 heterocycles. The van der Waals surface area contributed by atoms with Gasteiger partial charge in [0.1, 0.15) is 0 Å². The van der Waals surface area contributed by atoms with E-state index in [9.17, 15) is 14.4 Å². The zero-order chi connectivity index (χ0) is 9.46. The molecule has 0 aliphatic rings. The van der Waals surface area contributed by atoms with Gasteiger partial charge in [-0.3, -0.25) is 14.4 Å². The topological polar surface area (TPSA) is 66.0 Å². The summed E-state index contributed by atoms with van der Waals surface area (Å²) in [5.41, 5.74) is -3.86. The van der Waals surface area contributed by atoms with Gasteiger partial charge in [0.25, 0.3) is 0 Å². The van der Waals surface area contributed by atoms with Gasteiger partial charge in [0, 0.05) is 23.6 Å². The summed E-state index contributed by atoms with van der Waals surface area (Å²) in [4.78, 5) is 32.1. The molecular formula is C3Cl3N3O3. The molecule has 0 fully saturated rings. The Hall–Kier alpha value is -0.720. The smallest absolute Gasteiger partial charge is 0.277 e. The van der Waals surface area contributed by atoms with Crippen LogP contribution >= 0.6 is 35.3 Å². The fraction of sp³-hybridized carbons (Fsp3) is 0. The van der Waals surface area contributed by atoms with Gasteiger partial charge < -0.3 is 0 Å². The molecule has 0 amide bonds. The van der Waals surface area contributed by atoms with Crippen LogP contribution in [0.25, 0.3) is 0 Å². The van der Waals surface area contributed by atoms with Crippen LogP contribution < -0.4 is 16.5 Å². The zero-order valence-electron chi connectivity index (χ0n) is 5.20. The van der Waals surface area contributed by atoms with Crippen molar-refractivity contribution in [1.82, 2.24) is 12.7 Å². The molecule has 1 aromatic rings. The van der Waals surface area contributed by atoms with E-state index in [2.05, 4.69) is 0 Å². The van der Waals surface area contributed by atoms with Crippen molar-refractivity contribution in [3.8, 4) is 0 Å². The van der Waals surface area contributed by atoms with Crippen molar-refractivity contribution in [2.24, 2.45) is 0 Å². The molecule has 0 radical (unpaired) electrons. The first-order valence-corrected chi connectivity index (χ1v) is 3.48. The maximum Gasteiger partial charge on any atom is 0.336 e. The lowest BCUT2D eigenvalue weighted by Gasteiger charge is -2.01. The van der Waals surface area contributed by atoms with Crippen LogP contribution in [0.5, 0.6) is 0 Å². The second-order valence-electron chi connectivity index (χ2n) is 1.70. The first-order chi connectivity index (χ1) is 5.46. The lowest BCUT2D eigenvalue weighted by atomic mass is 10.6. The summed E-state index contributed by atoms with van der Waals surface area (Å²) in [6, 6.07) is 0. The van der Waals surface area contributed by atoms with Gasteiger partial charge in [-0.05, 0) is 0 Å². The van der Waals surface area contributed by atoms with Crippen molar-refractivity contribution in [1.29, 1.82) is 0 Å². The number of aromatic nitrogens is 3. The zero-order valence-corrected chi connectivity index (χ0v) is 7.47. The van der Waals surface area contributed by atoms with E-state index in [1.165, 1.54) is 0 Å². The average molecular weight is 232 g/mol. The van der Waals surface area contributed by atoms with Gasteiger partial charge >= 0.3 is 16.5 Å². The van der Waals surface area contributed by atoms with Crippen molar-refractivity contribution in [3.63, 3.8) is 0 Å². The highest BCUT2D eigenvalue weighted by atomic mass is 35.5. The SMILES string of the molecule is O=c1c(=O)n(Cl)n(Cl)n(Cl)c1=O. The minimum Gasteiger partial charge on any atom is -0.277 e. The molecule has 0 aliphatic carbocycles. The minimum absolute atomic E-state index is 0.179. The molecule has 0 aliphatic heterocycles. The number of hydrogen-bond donors (Lipinski definition) is 0. The second-order valence-corrected chi connectivity index (χ2v) is 2.64. The van der Waals surface area contributed by atoms with Crippen LogP contribution in [0, 0.1) is 0 Å². The molecule has 0 bridgehead atoms. The fourth-order valence-corrected chi connectivity index (χ4v) is 0.939. The van der Waals surface area contributed by atoms with Crippen LogP contribution in [0.4, 0.5) is 0 Å². The number of halogens is 3. The van der Waals surface area contributed by atoms with Gasteiger partial charge in [0.15, 0.2) is 0 Å². The summed E-state index contributed by atoms with van der Waals surface area (Å²) in [5.74, 6) is 0. The summed E-state index contributed by atoms with van der Waals surface area (Å²) in [5, 5.41) is 0. The third-order valence-corrected chi connectivity index (χ3v) is 2.06. The first-order valence-electron chi connectivity index (χ1n) is 2.47. The summed E-state index contributed by atoms with van der Waals surface area (Å²) < 4.78 is 0.631. The normalized spacial score (nSPS) is 10.2. The van der Waals surface area contributed by atoms with Gasteiger partial charge in [-0.25, -0.2) is 0 Å². The van der Waals surface area contributed by atoms with Gasteiger partial charge in [-0.1, -0.05) is 4.32 Å². The van der Waals surface area contributed by atoms with E-state index >= 15 is 0 Å². The third kappa shape index (κ3) is 1.17. The summed E-state index contributed by atoms with van der Waals surface area (Å²) in [6.45, 7) is 0. The van der Waals surface area contributed by atoms with Crippen LogP contribution in [0.3, 0.4) is 0 Å². The maximum atomic E-state index is 10.7. The van der Waals surface area contributed by atoms with Crippen LogP contribution in [0.2, 0.25) is 0 Å². The largest absolute Gasteiger partial charge is 0.336 e. The van der Waals surface area contributed by atoms with E-state index < -0.39 is 16.5 Å². The van der Waals surface area contributed by atoms with E-state index in [1.54, 1.807) is 0 Å². The van der Waals surface area contributed by atoms with Crippen LogP contribution in [-0.4, -0.2) is 12.7 Å².